The van der Waals surface area contributed by atoms with Gasteiger partial charge in [0.15, 0.2) is 0 Å². The second-order valence-corrected chi connectivity index (χ2v) is 6.29. The van der Waals surface area contributed by atoms with E-state index in [1.165, 1.54) is 23.1 Å². The zero-order chi connectivity index (χ0) is 14.6. The number of halogens is 1. The number of rotatable bonds is 5. The SMILES string of the molecule is CN(C)C(=O)CCNS(=O)(=O)c1cc(Cl)ccc1N. The van der Waals surface area contributed by atoms with E-state index in [-0.39, 0.29) is 34.5 Å². The van der Waals surface area contributed by atoms with Crippen molar-refractivity contribution in [1.29, 1.82) is 0 Å². The molecule has 1 aromatic rings. The Kier molecular flexibility index (Phi) is 5.16. The standard InChI is InChI=1S/C11H16ClN3O3S/c1-15(2)11(16)5-6-14-19(17,18)10-7-8(12)3-4-9(10)13/h3-4,7,14H,5-6,13H2,1-2H3. The van der Waals surface area contributed by atoms with Crippen molar-refractivity contribution in [2.45, 2.75) is 11.3 Å². The van der Waals surface area contributed by atoms with Crippen LogP contribution in [-0.2, 0) is 14.8 Å². The molecule has 0 aliphatic carbocycles. The zero-order valence-electron chi connectivity index (χ0n) is 10.7. The number of nitrogen functional groups attached to an aromatic ring is 1. The largest absolute Gasteiger partial charge is 0.398 e. The number of hydrogen-bond acceptors (Lipinski definition) is 4. The third kappa shape index (κ3) is 4.38. The minimum absolute atomic E-state index is 0.00526. The lowest BCUT2D eigenvalue weighted by atomic mass is 10.3. The molecule has 0 unspecified atom stereocenters. The smallest absolute Gasteiger partial charge is 0.242 e. The molecule has 0 spiro atoms. The normalized spacial score (nSPS) is 11.3. The van der Waals surface area contributed by atoms with Gasteiger partial charge in [0, 0.05) is 32.1 Å². The lowest BCUT2D eigenvalue weighted by Gasteiger charge is -2.12. The van der Waals surface area contributed by atoms with E-state index in [4.69, 9.17) is 17.3 Å². The summed E-state index contributed by atoms with van der Waals surface area (Å²) in [5, 5.41) is 0.277. The van der Waals surface area contributed by atoms with Gasteiger partial charge < -0.3 is 10.6 Å². The molecule has 0 radical (unpaired) electrons. The minimum atomic E-state index is -3.77. The van der Waals surface area contributed by atoms with Crippen molar-refractivity contribution < 1.29 is 13.2 Å². The number of nitrogens with two attached hydrogens (primary N) is 1. The van der Waals surface area contributed by atoms with Gasteiger partial charge in [0.2, 0.25) is 15.9 Å². The van der Waals surface area contributed by atoms with Crippen molar-refractivity contribution in [3.05, 3.63) is 23.2 Å². The fourth-order valence-electron chi connectivity index (χ4n) is 1.33. The molecular weight excluding hydrogens is 290 g/mol. The maximum atomic E-state index is 12.0. The number of benzene rings is 1. The van der Waals surface area contributed by atoms with Gasteiger partial charge in [-0.15, -0.1) is 0 Å². The number of carbonyl (C=O) groups excluding carboxylic acids is 1. The number of anilines is 1. The third-order valence-corrected chi connectivity index (χ3v) is 4.15. The van der Waals surface area contributed by atoms with Crippen molar-refractivity contribution in [2.75, 3.05) is 26.4 Å². The Balaban J connectivity index is 2.77. The summed E-state index contributed by atoms with van der Waals surface area (Å²) < 4.78 is 26.3. The number of carbonyl (C=O) groups is 1. The average Bonchev–Trinajstić information content (AvgIpc) is 2.31. The highest BCUT2D eigenvalue weighted by Crippen LogP contribution is 2.22. The summed E-state index contributed by atoms with van der Waals surface area (Å²) >= 11 is 5.74. The third-order valence-electron chi connectivity index (χ3n) is 2.39. The number of sulfonamides is 1. The molecule has 0 bridgehead atoms. The second kappa shape index (κ2) is 6.23. The Morgan fingerprint density at radius 3 is 2.63 bits per heavy atom. The highest BCUT2D eigenvalue weighted by Gasteiger charge is 2.18. The number of amides is 1. The molecule has 0 aromatic heterocycles. The van der Waals surface area contributed by atoms with Crippen molar-refractivity contribution in [3.8, 4) is 0 Å². The topological polar surface area (TPSA) is 92.5 Å². The first-order valence-electron chi connectivity index (χ1n) is 5.49. The zero-order valence-corrected chi connectivity index (χ0v) is 12.3. The van der Waals surface area contributed by atoms with Gasteiger partial charge in [-0.05, 0) is 18.2 Å². The molecule has 106 valence electrons. The molecule has 0 saturated carbocycles. The van der Waals surface area contributed by atoms with E-state index >= 15 is 0 Å². The molecule has 0 aliphatic heterocycles. The fourth-order valence-corrected chi connectivity index (χ4v) is 2.76. The van der Waals surface area contributed by atoms with Crippen LogP contribution in [0.25, 0.3) is 0 Å². The van der Waals surface area contributed by atoms with Gasteiger partial charge in [0.25, 0.3) is 0 Å². The maximum Gasteiger partial charge on any atom is 0.242 e. The molecule has 8 heteroatoms. The van der Waals surface area contributed by atoms with Gasteiger partial charge in [-0.1, -0.05) is 11.6 Å². The summed E-state index contributed by atoms with van der Waals surface area (Å²) in [7, 11) is -0.559. The molecule has 6 nitrogen and oxygen atoms in total. The summed E-state index contributed by atoms with van der Waals surface area (Å²) in [5.74, 6) is -0.165. The van der Waals surface area contributed by atoms with Crippen LogP contribution in [-0.4, -0.2) is 39.9 Å². The number of hydrogen-bond donors (Lipinski definition) is 2. The van der Waals surface area contributed by atoms with Crippen LogP contribution in [0, 0.1) is 0 Å². The van der Waals surface area contributed by atoms with E-state index in [0.717, 1.165) is 0 Å². The van der Waals surface area contributed by atoms with E-state index in [0.29, 0.717) is 0 Å². The van der Waals surface area contributed by atoms with E-state index in [9.17, 15) is 13.2 Å². The first-order chi connectivity index (χ1) is 8.74. The van der Waals surface area contributed by atoms with Crippen LogP contribution in [0.3, 0.4) is 0 Å². The lowest BCUT2D eigenvalue weighted by Crippen LogP contribution is -2.30. The average molecular weight is 306 g/mol. The summed E-state index contributed by atoms with van der Waals surface area (Å²) in [6.45, 7) is 0.00526. The Bertz CT molecular complexity index is 573. The summed E-state index contributed by atoms with van der Waals surface area (Å²) in [6.07, 6.45) is 0.0761. The van der Waals surface area contributed by atoms with Crippen LogP contribution in [0.4, 0.5) is 5.69 Å². The van der Waals surface area contributed by atoms with Gasteiger partial charge >= 0.3 is 0 Å². The summed E-state index contributed by atoms with van der Waals surface area (Å²) in [5.41, 5.74) is 5.71. The Labute approximate surface area is 117 Å². The molecule has 1 aromatic carbocycles. The molecule has 19 heavy (non-hydrogen) atoms. The Morgan fingerprint density at radius 1 is 1.42 bits per heavy atom. The Hall–Kier alpha value is -1.31. The maximum absolute atomic E-state index is 12.0. The van der Waals surface area contributed by atoms with E-state index in [1.807, 2.05) is 0 Å². The van der Waals surface area contributed by atoms with Gasteiger partial charge in [0.05, 0.1) is 5.69 Å². The van der Waals surface area contributed by atoms with Crippen molar-refractivity contribution >= 4 is 33.2 Å². The van der Waals surface area contributed by atoms with E-state index in [2.05, 4.69) is 4.72 Å². The fraction of sp³-hybridized carbons (Fsp3) is 0.364. The van der Waals surface area contributed by atoms with Crippen molar-refractivity contribution in [2.24, 2.45) is 0 Å². The highest BCUT2D eigenvalue weighted by molar-refractivity contribution is 7.89. The van der Waals surface area contributed by atoms with E-state index in [1.54, 1.807) is 14.1 Å². The predicted octanol–water partition coefficient (Wildman–Crippen LogP) is 0.679. The molecule has 0 saturated heterocycles. The summed E-state index contributed by atoms with van der Waals surface area (Å²) in [4.78, 5) is 12.6. The molecule has 0 atom stereocenters. The number of nitrogens with one attached hydrogen (secondary N) is 1. The van der Waals surface area contributed by atoms with Crippen LogP contribution < -0.4 is 10.5 Å². The van der Waals surface area contributed by atoms with Crippen molar-refractivity contribution in [1.82, 2.24) is 9.62 Å². The first kappa shape index (κ1) is 15.7. The van der Waals surface area contributed by atoms with E-state index < -0.39 is 10.0 Å². The van der Waals surface area contributed by atoms with Crippen LogP contribution >= 0.6 is 11.6 Å². The number of nitrogens with zero attached hydrogens (tertiary/aromatic N) is 1. The molecule has 0 heterocycles. The second-order valence-electron chi connectivity index (χ2n) is 4.12. The van der Waals surface area contributed by atoms with Crippen LogP contribution in [0.15, 0.2) is 23.1 Å². The Morgan fingerprint density at radius 2 is 2.05 bits per heavy atom. The molecule has 3 N–H and O–H groups in total. The van der Waals surface area contributed by atoms with Gasteiger partial charge in [-0.25, -0.2) is 13.1 Å². The quantitative estimate of drug-likeness (QED) is 0.782. The van der Waals surface area contributed by atoms with Crippen LogP contribution in [0.5, 0.6) is 0 Å². The molecule has 1 amide bonds. The van der Waals surface area contributed by atoms with Gasteiger partial charge in [-0.2, -0.15) is 0 Å². The monoisotopic (exact) mass is 305 g/mol. The van der Waals surface area contributed by atoms with Gasteiger partial charge in [-0.3, -0.25) is 4.79 Å². The molecule has 0 fully saturated rings. The van der Waals surface area contributed by atoms with Crippen LogP contribution in [0.1, 0.15) is 6.42 Å². The minimum Gasteiger partial charge on any atom is -0.398 e. The van der Waals surface area contributed by atoms with Crippen molar-refractivity contribution in [3.63, 3.8) is 0 Å². The van der Waals surface area contributed by atoms with Crippen LogP contribution in [0.2, 0.25) is 5.02 Å². The van der Waals surface area contributed by atoms with Gasteiger partial charge in [0.1, 0.15) is 4.90 Å². The molecular formula is C11H16ClN3O3S. The molecule has 1 rings (SSSR count). The predicted molar refractivity (Wildman–Crippen MR) is 74.4 cm³/mol. The first-order valence-corrected chi connectivity index (χ1v) is 7.35. The highest BCUT2D eigenvalue weighted by atomic mass is 35.5. The molecule has 0 aliphatic rings. The summed E-state index contributed by atoms with van der Waals surface area (Å²) in [6, 6.07) is 4.19. The lowest BCUT2D eigenvalue weighted by molar-refractivity contribution is -0.128.